The zero-order valence-corrected chi connectivity index (χ0v) is 19.6. The van der Waals surface area contributed by atoms with E-state index < -0.39 is 54.6 Å². The Balaban J connectivity index is 1.99. The maximum Gasteiger partial charge on any atom is 0.303 e. The number of ether oxygens (including phenoxy) is 6. The average Bonchev–Trinajstić information content (AvgIpc) is 2.75. The maximum absolute atomic E-state index is 11.9. The third kappa shape index (κ3) is 6.82. The van der Waals surface area contributed by atoms with Gasteiger partial charge in [-0.05, 0) is 35.0 Å². The topological polar surface area (TPSA) is 144 Å². The summed E-state index contributed by atoms with van der Waals surface area (Å²) in [7, 11) is 0. The Labute approximate surface area is 200 Å². The first-order valence-electron chi connectivity index (χ1n) is 10.7. The van der Waals surface area contributed by atoms with Gasteiger partial charge in [0, 0.05) is 27.7 Å². The summed E-state index contributed by atoms with van der Waals surface area (Å²) >= 11 is 0. The molecule has 2 aromatic carbocycles. The molecule has 1 fully saturated rings. The maximum atomic E-state index is 11.9. The van der Waals surface area contributed by atoms with Gasteiger partial charge in [0.05, 0.1) is 0 Å². The standard InChI is InChI=1S/C24H26O11/c1-12(25)30-11-20-21(31-13(2)26)22(32-14(3)27)23(33-15(4)28)24(35-20)34-19-8-6-16-9-18(29)7-5-17(16)10-19/h5-10,20-24,29H,11H2,1-4H3/t20-,21-,22+,23-,24-/m1/s1. The van der Waals surface area contributed by atoms with Crippen molar-refractivity contribution < 1.29 is 52.7 Å². The third-order valence-electron chi connectivity index (χ3n) is 5.00. The lowest BCUT2D eigenvalue weighted by Crippen LogP contribution is -2.63. The van der Waals surface area contributed by atoms with Gasteiger partial charge in [0.25, 0.3) is 0 Å². The smallest absolute Gasteiger partial charge is 0.303 e. The molecule has 0 amide bonds. The molecule has 0 spiro atoms. The SMILES string of the molecule is CC(=O)OC[C@H]1O[C@@H](Oc2ccc3cc(O)ccc3c2)[C@H](OC(C)=O)[C@@H](OC(C)=O)[C@@H]1OC(C)=O. The number of fused-ring (bicyclic) bond motifs is 1. The van der Waals surface area contributed by atoms with E-state index >= 15 is 0 Å². The summed E-state index contributed by atoms with van der Waals surface area (Å²) in [5.41, 5.74) is 0. The number of carbonyl (C=O) groups excluding carboxylic acids is 4. The van der Waals surface area contributed by atoms with Crippen molar-refractivity contribution in [3.63, 3.8) is 0 Å². The molecule has 1 N–H and O–H groups in total. The summed E-state index contributed by atoms with van der Waals surface area (Å²) in [6.45, 7) is 4.27. The van der Waals surface area contributed by atoms with Gasteiger partial charge in [0.15, 0.2) is 12.2 Å². The molecular formula is C24H26O11. The molecule has 1 aliphatic heterocycles. The molecule has 1 aliphatic rings. The normalized spacial score (nSPS) is 23.7. The van der Waals surface area contributed by atoms with Gasteiger partial charge in [-0.1, -0.05) is 12.1 Å². The van der Waals surface area contributed by atoms with Crippen LogP contribution >= 0.6 is 0 Å². The molecule has 0 radical (unpaired) electrons. The van der Waals surface area contributed by atoms with Crippen molar-refractivity contribution in [2.24, 2.45) is 0 Å². The van der Waals surface area contributed by atoms with E-state index in [1.54, 1.807) is 30.3 Å². The number of rotatable bonds is 7. The first-order valence-corrected chi connectivity index (χ1v) is 10.7. The predicted octanol–water partition coefficient (Wildman–Crippen LogP) is 2.01. The summed E-state index contributed by atoms with van der Waals surface area (Å²) in [6.07, 6.45) is -6.35. The second-order valence-electron chi connectivity index (χ2n) is 7.88. The van der Waals surface area contributed by atoms with Crippen molar-refractivity contribution in [1.29, 1.82) is 0 Å². The van der Waals surface area contributed by atoms with Crippen LogP contribution in [0.3, 0.4) is 0 Å². The molecule has 0 bridgehead atoms. The van der Waals surface area contributed by atoms with Crippen molar-refractivity contribution in [3.8, 4) is 11.5 Å². The number of benzene rings is 2. The van der Waals surface area contributed by atoms with Gasteiger partial charge < -0.3 is 33.5 Å². The summed E-state index contributed by atoms with van der Waals surface area (Å²) in [5.74, 6) is -2.38. The van der Waals surface area contributed by atoms with Crippen molar-refractivity contribution >= 4 is 34.6 Å². The van der Waals surface area contributed by atoms with E-state index in [1.807, 2.05) is 0 Å². The minimum absolute atomic E-state index is 0.103. The molecule has 11 nitrogen and oxygen atoms in total. The van der Waals surface area contributed by atoms with E-state index in [4.69, 9.17) is 28.4 Å². The molecule has 0 unspecified atom stereocenters. The van der Waals surface area contributed by atoms with Crippen molar-refractivity contribution in [3.05, 3.63) is 36.4 Å². The van der Waals surface area contributed by atoms with Gasteiger partial charge in [0.1, 0.15) is 24.2 Å². The van der Waals surface area contributed by atoms with Gasteiger partial charge in [-0.3, -0.25) is 19.2 Å². The third-order valence-corrected chi connectivity index (χ3v) is 5.00. The molecule has 35 heavy (non-hydrogen) atoms. The van der Waals surface area contributed by atoms with Gasteiger partial charge in [-0.25, -0.2) is 0 Å². The monoisotopic (exact) mass is 490 g/mol. The highest BCUT2D eigenvalue weighted by Crippen LogP contribution is 2.32. The van der Waals surface area contributed by atoms with E-state index in [-0.39, 0.29) is 12.4 Å². The van der Waals surface area contributed by atoms with E-state index in [0.717, 1.165) is 31.5 Å². The molecule has 3 rings (SSSR count). The average molecular weight is 490 g/mol. The van der Waals surface area contributed by atoms with Crippen molar-refractivity contribution in [2.45, 2.75) is 58.4 Å². The van der Waals surface area contributed by atoms with E-state index in [1.165, 1.54) is 13.0 Å². The van der Waals surface area contributed by atoms with Crippen LogP contribution in [0.4, 0.5) is 0 Å². The van der Waals surface area contributed by atoms with Crippen molar-refractivity contribution in [1.82, 2.24) is 0 Å². The second kappa shape index (κ2) is 11.0. The number of hydrogen-bond acceptors (Lipinski definition) is 11. The summed E-state index contributed by atoms with van der Waals surface area (Å²) in [6, 6.07) is 9.76. The van der Waals surface area contributed by atoms with Crippen LogP contribution in [-0.4, -0.2) is 66.3 Å². The molecule has 0 saturated carbocycles. The quantitative estimate of drug-likeness (QED) is 0.449. The first kappa shape index (κ1) is 25.8. The Bertz CT molecular complexity index is 1110. The Morgan fingerprint density at radius 3 is 1.97 bits per heavy atom. The molecule has 188 valence electrons. The number of esters is 4. The summed E-state index contributed by atoms with van der Waals surface area (Å²) < 4.78 is 33.0. The fraction of sp³-hybridized carbons (Fsp3) is 0.417. The first-order chi connectivity index (χ1) is 16.5. The number of aromatic hydroxyl groups is 1. The fourth-order valence-electron chi connectivity index (χ4n) is 3.70. The molecule has 1 heterocycles. The summed E-state index contributed by atoms with van der Waals surface area (Å²) in [4.78, 5) is 47.0. The Hall–Kier alpha value is -3.86. The molecule has 2 aromatic rings. The van der Waals surface area contributed by atoms with Crippen molar-refractivity contribution in [2.75, 3.05) is 6.61 Å². The van der Waals surface area contributed by atoms with E-state index in [9.17, 15) is 24.3 Å². The highest BCUT2D eigenvalue weighted by Gasteiger charge is 2.53. The molecule has 0 aliphatic carbocycles. The van der Waals surface area contributed by atoms with Crippen LogP contribution in [-0.2, 0) is 42.9 Å². The van der Waals surface area contributed by atoms with Crippen LogP contribution in [0.25, 0.3) is 10.8 Å². The van der Waals surface area contributed by atoms with Crippen LogP contribution in [0.1, 0.15) is 27.7 Å². The minimum Gasteiger partial charge on any atom is -0.508 e. The van der Waals surface area contributed by atoms with Crippen LogP contribution in [0.2, 0.25) is 0 Å². The molecule has 5 atom stereocenters. The molecule has 11 heteroatoms. The molecular weight excluding hydrogens is 464 g/mol. The fourth-order valence-corrected chi connectivity index (χ4v) is 3.70. The zero-order chi connectivity index (χ0) is 25.7. The Morgan fingerprint density at radius 1 is 0.771 bits per heavy atom. The number of carbonyl (C=O) groups is 4. The lowest BCUT2D eigenvalue weighted by molar-refractivity contribution is -0.288. The Morgan fingerprint density at radius 2 is 1.34 bits per heavy atom. The van der Waals surface area contributed by atoms with E-state index in [0.29, 0.717) is 5.75 Å². The molecule has 1 saturated heterocycles. The lowest BCUT2D eigenvalue weighted by atomic mass is 9.98. The van der Waals surface area contributed by atoms with Gasteiger partial charge in [0.2, 0.25) is 12.4 Å². The molecule has 0 aromatic heterocycles. The predicted molar refractivity (Wildman–Crippen MR) is 118 cm³/mol. The number of hydrogen-bond donors (Lipinski definition) is 1. The largest absolute Gasteiger partial charge is 0.508 e. The highest BCUT2D eigenvalue weighted by atomic mass is 16.7. The number of phenols is 1. The van der Waals surface area contributed by atoms with Gasteiger partial charge in [-0.2, -0.15) is 0 Å². The van der Waals surface area contributed by atoms with Gasteiger partial charge in [-0.15, -0.1) is 0 Å². The highest BCUT2D eigenvalue weighted by molar-refractivity contribution is 5.85. The second-order valence-corrected chi connectivity index (χ2v) is 7.88. The van der Waals surface area contributed by atoms with Crippen LogP contribution < -0.4 is 4.74 Å². The minimum atomic E-state index is -1.33. The van der Waals surface area contributed by atoms with Crippen LogP contribution in [0.15, 0.2) is 36.4 Å². The lowest BCUT2D eigenvalue weighted by Gasteiger charge is -2.43. The Kier molecular flexibility index (Phi) is 8.13. The van der Waals surface area contributed by atoms with Gasteiger partial charge >= 0.3 is 23.9 Å². The van der Waals surface area contributed by atoms with Crippen LogP contribution in [0.5, 0.6) is 11.5 Å². The van der Waals surface area contributed by atoms with E-state index in [2.05, 4.69) is 0 Å². The zero-order valence-electron chi connectivity index (χ0n) is 19.6. The summed E-state index contributed by atoms with van der Waals surface area (Å²) in [5, 5.41) is 11.2. The van der Waals surface area contributed by atoms with Crippen LogP contribution in [0, 0.1) is 0 Å². The number of phenolic OH excluding ortho intramolecular Hbond substituents is 1.